The molecule has 1 atom stereocenters. The zero-order valence-corrected chi connectivity index (χ0v) is 14.4. The van der Waals surface area contributed by atoms with Crippen molar-refractivity contribution in [2.45, 2.75) is 25.8 Å². The minimum atomic E-state index is -0.125. The number of aromatic nitrogens is 3. The van der Waals surface area contributed by atoms with E-state index in [4.69, 9.17) is 16.1 Å². The number of carbonyl (C=O) groups excluding carboxylic acids is 1. The van der Waals surface area contributed by atoms with Crippen molar-refractivity contribution < 1.29 is 9.32 Å². The second-order valence-corrected chi connectivity index (χ2v) is 6.03. The Morgan fingerprint density at radius 3 is 2.96 bits per heavy atom. The Morgan fingerprint density at radius 2 is 2.20 bits per heavy atom. The van der Waals surface area contributed by atoms with Gasteiger partial charge in [-0.1, -0.05) is 28.9 Å². The second kappa shape index (κ2) is 7.90. The molecule has 0 fully saturated rings. The third kappa shape index (κ3) is 4.64. The fourth-order valence-corrected chi connectivity index (χ4v) is 2.56. The lowest BCUT2D eigenvalue weighted by atomic mass is 10.1. The first kappa shape index (κ1) is 17.1. The number of hydrogen-bond acceptors (Lipinski definition) is 5. The maximum Gasteiger partial charge on any atom is 0.227 e. The summed E-state index contributed by atoms with van der Waals surface area (Å²) in [6.45, 7) is 1.91. The van der Waals surface area contributed by atoms with Gasteiger partial charge >= 0.3 is 0 Å². The third-order valence-electron chi connectivity index (χ3n) is 3.68. The lowest BCUT2D eigenvalue weighted by Gasteiger charge is -2.14. The van der Waals surface area contributed by atoms with Gasteiger partial charge in [0, 0.05) is 35.8 Å². The molecule has 7 heteroatoms. The predicted molar refractivity (Wildman–Crippen MR) is 93.9 cm³/mol. The molecule has 128 valence electrons. The van der Waals surface area contributed by atoms with Crippen LogP contribution in [0.4, 0.5) is 0 Å². The number of aryl methyl sites for hydroxylation is 1. The Bertz CT molecular complexity index is 851. The summed E-state index contributed by atoms with van der Waals surface area (Å²) in [4.78, 5) is 20.4. The largest absolute Gasteiger partial charge is 0.350 e. The van der Waals surface area contributed by atoms with E-state index in [9.17, 15) is 4.79 Å². The minimum absolute atomic E-state index is 0.0893. The number of benzene rings is 1. The summed E-state index contributed by atoms with van der Waals surface area (Å²) in [7, 11) is 0. The summed E-state index contributed by atoms with van der Waals surface area (Å²) in [6.07, 6.45) is 3.98. The number of nitrogens with zero attached hydrogens (tertiary/aromatic N) is 3. The fourth-order valence-electron chi connectivity index (χ4n) is 2.36. The molecule has 3 rings (SSSR count). The molecule has 0 unspecified atom stereocenters. The van der Waals surface area contributed by atoms with Gasteiger partial charge in [-0.05, 0) is 36.8 Å². The van der Waals surface area contributed by atoms with Crippen molar-refractivity contribution in [2.24, 2.45) is 0 Å². The molecule has 0 aliphatic heterocycles. The number of pyridine rings is 1. The number of carbonyl (C=O) groups is 1. The van der Waals surface area contributed by atoms with Gasteiger partial charge in [-0.2, -0.15) is 4.98 Å². The average Bonchev–Trinajstić information content (AvgIpc) is 3.10. The predicted octanol–water partition coefficient (Wildman–Crippen LogP) is 3.60. The smallest absolute Gasteiger partial charge is 0.227 e. The van der Waals surface area contributed by atoms with E-state index >= 15 is 0 Å². The van der Waals surface area contributed by atoms with Crippen LogP contribution in [-0.2, 0) is 11.2 Å². The molecule has 0 aliphatic rings. The SMILES string of the molecule is C[C@@H](NC(=O)CCc1nc(-c2cccnc2)no1)c1cccc(Cl)c1. The first-order valence-electron chi connectivity index (χ1n) is 7.89. The van der Waals surface area contributed by atoms with Gasteiger partial charge in [0.1, 0.15) is 0 Å². The van der Waals surface area contributed by atoms with Gasteiger partial charge in [-0.25, -0.2) is 0 Å². The van der Waals surface area contributed by atoms with E-state index in [1.807, 2.05) is 31.2 Å². The van der Waals surface area contributed by atoms with Crippen LogP contribution in [0.5, 0.6) is 0 Å². The molecule has 1 aromatic carbocycles. The van der Waals surface area contributed by atoms with E-state index in [1.54, 1.807) is 24.5 Å². The Hall–Kier alpha value is -2.73. The van der Waals surface area contributed by atoms with Gasteiger partial charge in [0.25, 0.3) is 0 Å². The maximum absolute atomic E-state index is 12.1. The highest BCUT2D eigenvalue weighted by molar-refractivity contribution is 6.30. The van der Waals surface area contributed by atoms with Crippen molar-refractivity contribution in [3.8, 4) is 11.4 Å². The molecule has 0 radical (unpaired) electrons. The van der Waals surface area contributed by atoms with Crippen molar-refractivity contribution in [3.63, 3.8) is 0 Å². The Kier molecular flexibility index (Phi) is 5.40. The summed E-state index contributed by atoms with van der Waals surface area (Å²) in [5.74, 6) is 0.800. The zero-order chi connectivity index (χ0) is 17.6. The molecule has 0 bridgehead atoms. The Morgan fingerprint density at radius 1 is 1.32 bits per heavy atom. The molecule has 3 aromatic rings. The number of rotatable bonds is 6. The standard InChI is InChI=1S/C18H17ClN4O2/c1-12(13-4-2-6-15(19)10-13)21-16(24)7-8-17-22-18(23-25-17)14-5-3-9-20-11-14/h2-6,9-12H,7-8H2,1H3,(H,21,24)/t12-/m1/s1. The molecule has 2 heterocycles. The third-order valence-corrected chi connectivity index (χ3v) is 3.92. The quantitative estimate of drug-likeness (QED) is 0.729. The van der Waals surface area contributed by atoms with Crippen LogP contribution in [0, 0.1) is 0 Å². The van der Waals surface area contributed by atoms with Gasteiger partial charge in [0.05, 0.1) is 6.04 Å². The van der Waals surface area contributed by atoms with Crippen LogP contribution in [-0.4, -0.2) is 21.0 Å². The first-order chi connectivity index (χ1) is 12.1. The van der Waals surface area contributed by atoms with Crippen LogP contribution in [0.1, 0.15) is 30.8 Å². The fraction of sp³-hybridized carbons (Fsp3) is 0.222. The van der Waals surface area contributed by atoms with E-state index in [0.29, 0.717) is 23.2 Å². The van der Waals surface area contributed by atoms with Gasteiger partial charge in [-0.3, -0.25) is 9.78 Å². The molecule has 0 saturated heterocycles. The lowest BCUT2D eigenvalue weighted by molar-refractivity contribution is -0.121. The molecular formula is C18H17ClN4O2. The number of halogens is 1. The van der Waals surface area contributed by atoms with E-state index < -0.39 is 0 Å². The minimum Gasteiger partial charge on any atom is -0.350 e. The van der Waals surface area contributed by atoms with Crippen molar-refractivity contribution in [2.75, 3.05) is 0 Å². The van der Waals surface area contributed by atoms with Gasteiger partial charge in [0.15, 0.2) is 0 Å². The monoisotopic (exact) mass is 356 g/mol. The summed E-state index contributed by atoms with van der Waals surface area (Å²) in [5, 5.41) is 7.49. The summed E-state index contributed by atoms with van der Waals surface area (Å²) in [5.41, 5.74) is 1.73. The van der Waals surface area contributed by atoms with Crippen molar-refractivity contribution in [1.29, 1.82) is 0 Å². The van der Waals surface area contributed by atoms with Crippen LogP contribution >= 0.6 is 11.6 Å². The number of hydrogen-bond donors (Lipinski definition) is 1. The van der Waals surface area contributed by atoms with Crippen LogP contribution in [0.3, 0.4) is 0 Å². The van der Waals surface area contributed by atoms with Crippen LogP contribution < -0.4 is 5.32 Å². The van der Waals surface area contributed by atoms with Crippen molar-refractivity contribution >= 4 is 17.5 Å². The maximum atomic E-state index is 12.1. The van der Waals surface area contributed by atoms with Gasteiger partial charge < -0.3 is 9.84 Å². The molecule has 0 spiro atoms. The first-order valence-corrected chi connectivity index (χ1v) is 8.27. The van der Waals surface area contributed by atoms with E-state index in [0.717, 1.165) is 11.1 Å². The van der Waals surface area contributed by atoms with E-state index in [2.05, 4.69) is 20.4 Å². The Labute approximate surface area is 150 Å². The van der Waals surface area contributed by atoms with E-state index in [1.165, 1.54) is 0 Å². The van der Waals surface area contributed by atoms with E-state index in [-0.39, 0.29) is 18.4 Å². The van der Waals surface area contributed by atoms with Crippen LogP contribution in [0.2, 0.25) is 5.02 Å². The zero-order valence-electron chi connectivity index (χ0n) is 13.6. The molecule has 2 aromatic heterocycles. The topological polar surface area (TPSA) is 80.9 Å². The van der Waals surface area contributed by atoms with Crippen molar-refractivity contribution in [1.82, 2.24) is 20.4 Å². The highest BCUT2D eigenvalue weighted by Gasteiger charge is 2.13. The molecule has 0 aliphatic carbocycles. The highest BCUT2D eigenvalue weighted by atomic mass is 35.5. The molecule has 0 saturated carbocycles. The highest BCUT2D eigenvalue weighted by Crippen LogP contribution is 2.18. The van der Waals surface area contributed by atoms with Gasteiger partial charge in [-0.15, -0.1) is 0 Å². The molecule has 1 N–H and O–H groups in total. The Balaban J connectivity index is 1.53. The van der Waals surface area contributed by atoms with Gasteiger partial charge in [0.2, 0.25) is 17.6 Å². The number of amides is 1. The molecular weight excluding hydrogens is 340 g/mol. The lowest BCUT2D eigenvalue weighted by Crippen LogP contribution is -2.26. The van der Waals surface area contributed by atoms with Crippen LogP contribution in [0.25, 0.3) is 11.4 Å². The molecule has 25 heavy (non-hydrogen) atoms. The normalized spacial score (nSPS) is 11.9. The molecule has 6 nitrogen and oxygen atoms in total. The molecule has 1 amide bonds. The summed E-state index contributed by atoms with van der Waals surface area (Å²) in [6, 6.07) is 10.9. The summed E-state index contributed by atoms with van der Waals surface area (Å²) >= 11 is 5.97. The second-order valence-electron chi connectivity index (χ2n) is 5.60. The van der Waals surface area contributed by atoms with Crippen LogP contribution in [0.15, 0.2) is 53.3 Å². The van der Waals surface area contributed by atoms with Crippen molar-refractivity contribution in [3.05, 3.63) is 65.3 Å². The average molecular weight is 357 g/mol. The summed E-state index contributed by atoms with van der Waals surface area (Å²) < 4.78 is 5.19. The number of nitrogens with one attached hydrogen (secondary N) is 1.